The highest BCUT2D eigenvalue weighted by Gasteiger charge is 2.09. The van der Waals surface area contributed by atoms with Crippen LogP contribution in [0.4, 0.5) is 10.5 Å². The maximum Gasteiger partial charge on any atom is 0.323 e. The fourth-order valence-electron chi connectivity index (χ4n) is 1.77. The van der Waals surface area contributed by atoms with Gasteiger partial charge in [-0.1, -0.05) is 6.07 Å². The number of nitrogens with two attached hydrogens (primary N) is 2. The Morgan fingerprint density at radius 3 is 2.81 bits per heavy atom. The van der Waals surface area contributed by atoms with Crippen LogP contribution in [0, 0.1) is 0 Å². The number of nitrogen functional groups attached to an aromatic ring is 1. The van der Waals surface area contributed by atoms with Crippen molar-refractivity contribution >= 4 is 22.6 Å². The van der Waals surface area contributed by atoms with Gasteiger partial charge in [-0.25, -0.2) is 4.79 Å². The third kappa shape index (κ3) is 1.61. The van der Waals surface area contributed by atoms with Gasteiger partial charge in [0.15, 0.2) is 0 Å². The van der Waals surface area contributed by atoms with E-state index in [9.17, 15) is 4.79 Å². The summed E-state index contributed by atoms with van der Waals surface area (Å²) in [6.45, 7) is 0.0853. The van der Waals surface area contributed by atoms with Crippen molar-refractivity contribution in [1.29, 1.82) is 0 Å². The van der Waals surface area contributed by atoms with Crippen LogP contribution in [-0.4, -0.2) is 22.3 Å². The summed E-state index contributed by atoms with van der Waals surface area (Å²) < 4.78 is 1.31. The van der Waals surface area contributed by atoms with Crippen LogP contribution in [0.25, 0.3) is 10.9 Å². The molecule has 0 unspecified atom stereocenters. The van der Waals surface area contributed by atoms with Gasteiger partial charge in [-0.05, 0) is 24.1 Å². The Morgan fingerprint density at radius 2 is 2.19 bits per heavy atom. The van der Waals surface area contributed by atoms with Gasteiger partial charge < -0.3 is 16.6 Å². The van der Waals surface area contributed by atoms with E-state index in [1.807, 2.05) is 12.1 Å². The maximum atomic E-state index is 11.1. The van der Waals surface area contributed by atoms with E-state index >= 15 is 0 Å². The summed E-state index contributed by atoms with van der Waals surface area (Å²) in [5, 5.41) is 9.63. The van der Waals surface area contributed by atoms with Crippen LogP contribution in [0.15, 0.2) is 24.4 Å². The molecule has 1 aromatic carbocycles. The third-order valence-electron chi connectivity index (χ3n) is 2.54. The number of primary amides is 1. The molecule has 5 nitrogen and oxygen atoms in total. The third-order valence-corrected chi connectivity index (χ3v) is 2.54. The number of fused-ring (bicyclic) bond motifs is 1. The molecule has 0 fully saturated rings. The summed E-state index contributed by atoms with van der Waals surface area (Å²) >= 11 is 0. The number of carbonyl (C=O) groups excluding carboxylic acids is 1. The number of hydrogen-bond acceptors (Lipinski definition) is 3. The Hall–Kier alpha value is -2.01. The smallest absolute Gasteiger partial charge is 0.323 e. The van der Waals surface area contributed by atoms with Crippen molar-refractivity contribution < 1.29 is 9.90 Å². The molecule has 0 spiro atoms. The van der Waals surface area contributed by atoms with Gasteiger partial charge >= 0.3 is 6.03 Å². The lowest BCUT2D eigenvalue weighted by molar-refractivity contribution is 0.251. The van der Waals surface area contributed by atoms with E-state index in [0.29, 0.717) is 17.6 Å². The van der Waals surface area contributed by atoms with Gasteiger partial charge in [-0.3, -0.25) is 4.57 Å². The lowest BCUT2D eigenvalue weighted by atomic mass is 10.1. The minimum atomic E-state index is -0.559. The molecule has 1 amide bonds. The molecule has 5 heteroatoms. The lowest BCUT2D eigenvalue weighted by Gasteiger charge is -2.01. The molecule has 0 saturated heterocycles. The molecule has 16 heavy (non-hydrogen) atoms. The van der Waals surface area contributed by atoms with Crippen molar-refractivity contribution in [1.82, 2.24) is 4.57 Å². The second kappa shape index (κ2) is 3.86. The number of benzene rings is 1. The monoisotopic (exact) mass is 219 g/mol. The number of carbonyl (C=O) groups is 1. The largest absolute Gasteiger partial charge is 0.397 e. The molecule has 0 aliphatic carbocycles. The molecular weight excluding hydrogens is 206 g/mol. The van der Waals surface area contributed by atoms with Crippen LogP contribution in [-0.2, 0) is 6.42 Å². The van der Waals surface area contributed by atoms with Crippen LogP contribution in [0.3, 0.4) is 0 Å². The molecule has 1 aromatic heterocycles. The number of amides is 1. The van der Waals surface area contributed by atoms with Crippen molar-refractivity contribution in [2.24, 2.45) is 5.73 Å². The number of aliphatic hydroxyl groups is 1. The van der Waals surface area contributed by atoms with E-state index in [1.54, 1.807) is 6.07 Å². The number of rotatable bonds is 2. The normalized spacial score (nSPS) is 10.8. The van der Waals surface area contributed by atoms with Crippen LogP contribution < -0.4 is 11.5 Å². The zero-order valence-electron chi connectivity index (χ0n) is 8.68. The fraction of sp³-hybridized carbons (Fsp3) is 0.182. The molecule has 84 valence electrons. The van der Waals surface area contributed by atoms with E-state index in [1.165, 1.54) is 10.8 Å². The molecular formula is C11H13N3O2. The Kier molecular flexibility index (Phi) is 2.54. The van der Waals surface area contributed by atoms with Crippen LogP contribution in [0.2, 0.25) is 0 Å². The number of anilines is 1. The number of hydrogen-bond donors (Lipinski definition) is 3. The molecule has 0 saturated carbocycles. The minimum absolute atomic E-state index is 0.0853. The summed E-state index contributed by atoms with van der Waals surface area (Å²) in [5.74, 6) is 0. The van der Waals surface area contributed by atoms with Gasteiger partial charge in [-0.2, -0.15) is 0 Å². The highest BCUT2D eigenvalue weighted by molar-refractivity contribution is 5.98. The fourth-order valence-corrected chi connectivity index (χ4v) is 1.77. The predicted molar refractivity (Wildman–Crippen MR) is 62.1 cm³/mol. The van der Waals surface area contributed by atoms with E-state index in [-0.39, 0.29) is 6.61 Å². The summed E-state index contributed by atoms with van der Waals surface area (Å²) in [6, 6.07) is 4.93. The number of nitrogens with zero attached hydrogens (tertiary/aromatic N) is 1. The Balaban J connectivity index is 2.62. The first-order valence-electron chi connectivity index (χ1n) is 4.93. The summed E-state index contributed by atoms with van der Waals surface area (Å²) in [6.07, 6.45) is 2.08. The molecule has 0 bridgehead atoms. The minimum Gasteiger partial charge on any atom is -0.397 e. The summed E-state index contributed by atoms with van der Waals surface area (Å²) in [5.41, 5.74) is 13.2. The number of aromatic nitrogens is 1. The van der Waals surface area contributed by atoms with Gasteiger partial charge in [0, 0.05) is 18.2 Å². The molecule has 0 atom stereocenters. The van der Waals surface area contributed by atoms with Crippen molar-refractivity contribution in [2.45, 2.75) is 6.42 Å². The van der Waals surface area contributed by atoms with Gasteiger partial charge in [0.1, 0.15) is 0 Å². The Morgan fingerprint density at radius 1 is 1.44 bits per heavy atom. The van der Waals surface area contributed by atoms with Crippen molar-refractivity contribution in [3.63, 3.8) is 0 Å². The molecule has 0 aliphatic rings. The first kappa shape index (κ1) is 10.5. The van der Waals surface area contributed by atoms with E-state index in [4.69, 9.17) is 16.6 Å². The van der Waals surface area contributed by atoms with Gasteiger partial charge in [0.25, 0.3) is 0 Å². The standard InChI is InChI=1S/C11H13N3O2/c12-9-6-14(11(13)16)10-2-1-7(3-4-15)5-8(9)10/h1-2,5-6,15H,3-4,12H2,(H2,13,16). The highest BCUT2D eigenvalue weighted by Crippen LogP contribution is 2.24. The molecule has 0 aliphatic heterocycles. The van der Waals surface area contributed by atoms with Gasteiger partial charge in [0.05, 0.1) is 11.2 Å². The molecule has 5 N–H and O–H groups in total. The van der Waals surface area contributed by atoms with E-state index < -0.39 is 6.03 Å². The average Bonchev–Trinajstić information content (AvgIpc) is 2.57. The summed E-state index contributed by atoms with van der Waals surface area (Å²) in [4.78, 5) is 11.1. The first-order valence-corrected chi connectivity index (χ1v) is 4.93. The topological polar surface area (TPSA) is 94.3 Å². The SMILES string of the molecule is NC(=O)n1cc(N)c2cc(CCO)ccc21. The molecule has 0 radical (unpaired) electrons. The Bertz CT molecular complexity index is 545. The van der Waals surface area contributed by atoms with Gasteiger partial charge in [0.2, 0.25) is 0 Å². The van der Waals surface area contributed by atoms with Crippen molar-refractivity contribution in [2.75, 3.05) is 12.3 Å². The maximum absolute atomic E-state index is 11.1. The van der Waals surface area contributed by atoms with E-state index in [2.05, 4.69) is 0 Å². The Labute approximate surface area is 92.3 Å². The second-order valence-corrected chi connectivity index (χ2v) is 3.62. The summed E-state index contributed by atoms with van der Waals surface area (Å²) in [7, 11) is 0. The van der Waals surface area contributed by atoms with Crippen LogP contribution >= 0.6 is 0 Å². The molecule has 1 heterocycles. The predicted octanol–water partition coefficient (Wildman–Crippen LogP) is 0.685. The number of aliphatic hydroxyl groups excluding tert-OH is 1. The first-order chi connectivity index (χ1) is 7.63. The quantitative estimate of drug-likeness (QED) is 0.693. The lowest BCUT2D eigenvalue weighted by Crippen LogP contribution is -2.18. The van der Waals surface area contributed by atoms with Crippen molar-refractivity contribution in [3.05, 3.63) is 30.0 Å². The van der Waals surface area contributed by atoms with Crippen LogP contribution in [0.5, 0.6) is 0 Å². The van der Waals surface area contributed by atoms with Gasteiger partial charge in [-0.15, -0.1) is 0 Å². The zero-order valence-corrected chi connectivity index (χ0v) is 8.68. The molecule has 2 aromatic rings. The average molecular weight is 219 g/mol. The molecule has 2 rings (SSSR count). The second-order valence-electron chi connectivity index (χ2n) is 3.62. The van der Waals surface area contributed by atoms with Crippen LogP contribution in [0.1, 0.15) is 5.56 Å². The zero-order chi connectivity index (χ0) is 11.7. The van der Waals surface area contributed by atoms with Crippen molar-refractivity contribution in [3.8, 4) is 0 Å². The van der Waals surface area contributed by atoms with E-state index in [0.717, 1.165) is 10.9 Å². The highest BCUT2D eigenvalue weighted by atomic mass is 16.3.